The number of nitrogens with zero attached hydrogens (tertiary/aromatic N) is 1. The van der Waals surface area contributed by atoms with Crippen molar-refractivity contribution in [1.82, 2.24) is 0 Å². The van der Waals surface area contributed by atoms with Crippen molar-refractivity contribution >= 4 is 33.1 Å². The van der Waals surface area contributed by atoms with Gasteiger partial charge in [-0.05, 0) is 43.7 Å². The molecule has 0 amide bonds. The summed E-state index contributed by atoms with van der Waals surface area (Å²) in [5, 5.41) is 0. The topological polar surface area (TPSA) is 29.5 Å². The molecule has 0 N–H and O–H groups in total. The largest absolute Gasteiger partial charge is 0.491 e. The van der Waals surface area contributed by atoms with Crippen molar-refractivity contribution in [1.29, 1.82) is 0 Å². The van der Waals surface area contributed by atoms with E-state index < -0.39 is 0 Å². The normalized spacial score (nSPS) is 14.1. The lowest BCUT2D eigenvalue weighted by atomic mass is 10.1. The van der Waals surface area contributed by atoms with E-state index in [2.05, 4.69) is 20.8 Å². The third kappa shape index (κ3) is 2.81. The molecule has 0 fully saturated rings. The number of hydrogen-bond donors (Lipinski definition) is 0. The lowest BCUT2D eigenvalue weighted by Crippen LogP contribution is -2.20. The van der Waals surface area contributed by atoms with Gasteiger partial charge in [-0.15, -0.1) is 0 Å². The summed E-state index contributed by atoms with van der Waals surface area (Å²) in [6, 6.07) is 13.7. The number of fused-ring (bicyclic) bond motifs is 1. The van der Waals surface area contributed by atoms with Gasteiger partial charge < -0.3 is 9.64 Å². The minimum Gasteiger partial charge on any atom is -0.491 e. The van der Waals surface area contributed by atoms with E-state index in [1.807, 2.05) is 42.5 Å². The molecule has 0 aromatic heterocycles. The number of carbonyl (C=O) groups is 1. The van der Waals surface area contributed by atoms with Crippen LogP contribution < -0.4 is 9.64 Å². The highest BCUT2D eigenvalue weighted by atomic mass is 79.9. The standard InChI is InChI=1S/C17H16BrNO2/c1-12(20)14-8-7-13(18)11-16(14)19-9-4-10-21-17-6-3-2-5-15(17)19/h2-3,5-8,11H,4,9-10H2,1H3. The molecule has 108 valence electrons. The highest BCUT2D eigenvalue weighted by Gasteiger charge is 2.21. The van der Waals surface area contributed by atoms with Gasteiger partial charge in [-0.3, -0.25) is 4.79 Å². The third-order valence-corrected chi connectivity index (χ3v) is 4.06. The maximum Gasteiger partial charge on any atom is 0.161 e. The number of carbonyl (C=O) groups excluding carboxylic acids is 1. The van der Waals surface area contributed by atoms with Crippen molar-refractivity contribution in [2.75, 3.05) is 18.1 Å². The lowest BCUT2D eigenvalue weighted by Gasteiger charge is -2.26. The number of rotatable bonds is 2. The molecule has 0 unspecified atom stereocenters. The van der Waals surface area contributed by atoms with Crippen LogP contribution in [0.5, 0.6) is 5.75 Å². The van der Waals surface area contributed by atoms with Crippen molar-refractivity contribution in [2.24, 2.45) is 0 Å². The Labute approximate surface area is 132 Å². The fourth-order valence-electron chi connectivity index (χ4n) is 2.60. The van der Waals surface area contributed by atoms with E-state index in [4.69, 9.17) is 4.74 Å². The maximum atomic E-state index is 11.9. The molecule has 0 saturated heterocycles. The van der Waals surface area contributed by atoms with Crippen molar-refractivity contribution in [2.45, 2.75) is 13.3 Å². The molecule has 0 spiro atoms. The average Bonchev–Trinajstić information content (AvgIpc) is 2.69. The number of para-hydroxylation sites is 2. The predicted molar refractivity (Wildman–Crippen MR) is 87.7 cm³/mol. The number of ketones is 1. The van der Waals surface area contributed by atoms with Crippen LogP contribution in [0.1, 0.15) is 23.7 Å². The van der Waals surface area contributed by atoms with E-state index in [1.54, 1.807) is 6.92 Å². The van der Waals surface area contributed by atoms with Crippen LogP contribution in [0.4, 0.5) is 11.4 Å². The molecule has 2 aromatic rings. The monoisotopic (exact) mass is 345 g/mol. The van der Waals surface area contributed by atoms with Gasteiger partial charge in [0.15, 0.2) is 5.78 Å². The summed E-state index contributed by atoms with van der Waals surface area (Å²) in [4.78, 5) is 14.1. The van der Waals surface area contributed by atoms with E-state index in [0.29, 0.717) is 6.61 Å². The van der Waals surface area contributed by atoms with Crippen LogP contribution in [0.15, 0.2) is 46.9 Å². The van der Waals surface area contributed by atoms with Crippen LogP contribution in [0, 0.1) is 0 Å². The molecular formula is C17H16BrNO2. The second-order valence-electron chi connectivity index (χ2n) is 5.04. The summed E-state index contributed by atoms with van der Waals surface area (Å²) in [5.74, 6) is 0.935. The van der Waals surface area contributed by atoms with Crippen LogP contribution in [0.2, 0.25) is 0 Å². The number of halogens is 1. The highest BCUT2D eigenvalue weighted by Crippen LogP contribution is 2.38. The second kappa shape index (κ2) is 5.90. The zero-order chi connectivity index (χ0) is 14.8. The van der Waals surface area contributed by atoms with Crippen molar-refractivity contribution in [3.8, 4) is 5.75 Å². The molecular weight excluding hydrogens is 330 g/mol. The Bertz CT molecular complexity index is 684. The number of ether oxygens (including phenoxy) is 1. The van der Waals surface area contributed by atoms with Crippen molar-refractivity contribution in [3.05, 3.63) is 52.5 Å². The van der Waals surface area contributed by atoms with E-state index in [-0.39, 0.29) is 5.78 Å². The minimum absolute atomic E-state index is 0.0696. The third-order valence-electron chi connectivity index (χ3n) is 3.57. The molecule has 1 aliphatic heterocycles. The van der Waals surface area contributed by atoms with E-state index in [9.17, 15) is 4.79 Å². The molecule has 4 heteroatoms. The van der Waals surface area contributed by atoms with Crippen LogP contribution in [-0.4, -0.2) is 18.9 Å². The van der Waals surface area contributed by atoms with Crippen molar-refractivity contribution in [3.63, 3.8) is 0 Å². The molecule has 0 saturated carbocycles. The van der Waals surface area contributed by atoms with Gasteiger partial charge in [0, 0.05) is 16.6 Å². The maximum absolute atomic E-state index is 11.9. The van der Waals surface area contributed by atoms with Gasteiger partial charge in [-0.1, -0.05) is 28.1 Å². The fourth-order valence-corrected chi connectivity index (χ4v) is 2.95. The zero-order valence-electron chi connectivity index (χ0n) is 11.8. The molecule has 3 nitrogen and oxygen atoms in total. The van der Waals surface area contributed by atoms with Gasteiger partial charge in [0.2, 0.25) is 0 Å². The van der Waals surface area contributed by atoms with Gasteiger partial charge in [0.1, 0.15) is 5.75 Å². The summed E-state index contributed by atoms with van der Waals surface area (Å²) < 4.78 is 6.76. The molecule has 1 heterocycles. The molecule has 0 atom stereocenters. The zero-order valence-corrected chi connectivity index (χ0v) is 13.4. The van der Waals surface area contributed by atoms with Gasteiger partial charge in [0.05, 0.1) is 18.0 Å². The summed E-state index contributed by atoms with van der Waals surface area (Å²) in [5.41, 5.74) is 2.67. The minimum atomic E-state index is 0.0696. The first kappa shape index (κ1) is 14.1. The molecule has 0 aliphatic carbocycles. The van der Waals surface area contributed by atoms with Crippen LogP contribution in [0.25, 0.3) is 0 Å². The van der Waals surface area contributed by atoms with E-state index in [0.717, 1.165) is 40.1 Å². The molecule has 0 bridgehead atoms. The van der Waals surface area contributed by atoms with Crippen molar-refractivity contribution < 1.29 is 9.53 Å². The van der Waals surface area contributed by atoms with Gasteiger partial charge in [-0.2, -0.15) is 0 Å². The smallest absolute Gasteiger partial charge is 0.161 e. The highest BCUT2D eigenvalue weighted by molar-refractivity contribution is 9.10. The Kier molecular flexibility index (Phi) is 3.97. The summed E-state index contributed by atoms with van der Waals surface area (Å²) >= 11 is 3.50. The van der Waals surface area contributed by atoms with E-state index in [1.165, 1.54) is 0 Å². The summed E-state index contributed by atoms with van der Waals surface area (Å²) in [6.07, 6.45) is 0.915. The summed E-state index contributed by atoms with van der Waals surface area (Å²) in [6.45, 7) is 3.12. The Morgan fingerprint density at radius 1 is 1.19 bits per heavy atom. The number of benzene rings is 2. The first-order valence-electron chi connectivity index (χ1n) is 6.96. The first-order chi connectivity index (χ1) is 10.2. The Morgan fingerprint density at radius 2 is 2.00 bits per heavy atom. The molecule has 21 heavy (non-hydrogen) atoms. The Hall–Kier alpha value is -1.81. The van der Waals surface area contributed by atoms with Crippen LogP contribution in [0.3, 0.4) is 0 Å². The molecule has 1 aliphatic rings. The van der Waals surface area contributed by atoms with Gasteiger partial charge in [-0.25, -0.2) is 0 Å². The molecule has 2 aromatic carbocycles. The molecule has 0 radical (unpaired) electrons. The Balaban J connectivity index is 2.16. The van der Waals surface area contributed by atoms with Gasteiger partial charge in [0.25, 0.3) is 0 Å². The number of Topliss-reactive ketones (excluding diaryl/α,β-unsaturated/α-hetero) is 1. The molecule has 3 rings (SSSR count). The quantitative estimate of drug-likeness (QED) is 0.746. The van der Waals surface area contributed by atoms with E-state index >= 15 is 0 Å². The predicted octanol–water partition coefficient (Wildman–Crippen LogP) is 4.57. The number of hydrogen-bond acceptors (Lipinski definition) is 3. The average molecular weight is 346 g/mol. The second-order valence-corrected chi connectivity index (χ2v) is 5.95. The summed E-state index contributed by atoms with van der Waals surface area (Å²) in [7, 11) is 0. The van der Waals surface area contributed by atoms with Crippen LogP contribution >= 0.6 is 15.9 Å². The lowest BCUT2D eigenvalue weighted by molar-refractivity contribution is 0.101. The number of anilines is 2. The SMILES string of the molecule is CC(=O)c1ccc(Br)cc1N1CCCOc2ccccc21. The van der Waals surface area contributed by atoms with Crippen LogP contribution in [-0.2, 0) is 0 Å². The Morgan fingerprint density at radius 3 is 2.81 bits per heavy atom. The first-order valence-corrected chi connectivity index (χ1v) is 7.76. The van der Waals surface area contributed by atoms with Gasteiger partial charge >= 0.3 is 0 Å². The fraction of sp³-hybridized carbons (Fsp3) is 0.235.